The number of benzene rings is 1. The molecular weight excluding hydrogens is 282 g/mol. The molecule has 5 heterocycles. The van der Waals surface area contributed by atoms with E-state index < -0.39 is 0 Å². The molecule has 4 aliphatic rings. The summed E-state index contributed by atoms with van der Waals surface area (Å²) in [6.45, 7) is 4.40. The molecule has 2 aromatic rings. The summed E-state index contributed by atoms with van der Waals surface area (Å²) in [5, 5.41) is 1.01. The standard InChI is InChI=1S/C16H17N3OS/c20-16(15-12-3-1-2-4-14(12)21-17-15)19-8-10-7-18-6-5-11(10)13(19)9-18/h1-4,10-11,13H,5-9H2. The number of nitrogens with zero attached hydrogens (tertiary/aromatic N) is 3. The van der Waals surface area contributed by atoms with Crippen molar-refractivity contribution < 1.29 is 4.79 Å². The summed E-state index contributed by atoms with van der Waals surface area (Å²) in [5.74, 6) is 1.56. The number of hydrogen-bond acceptors (Lipinski definition) is 4. The van der Waals surface area contributed by atoms with Crippen LogP contribution in [0.4, 0.5) is 0 Å². The number of aromatic nitrogens is 1. The van der Waals surface area contributed by atoms with Gasteiger partial charge in [-0.1, -0.05) is 18.2 Å². The van der Waals surface area contributed by atoms with E-state index in [1.165, 1.54) is 31.0 Å². The van der Waals surface area contributed by atoms with Crippen LogP contribution >= 0.6 is 11.5 Å². The van der Waals surface area contributed by atoms with Crippen LogP contribution < -0.4 is 0 Å². The molecule has 0 radical (unpaired) electrons. The average Bonchev–Trinajstić information content (AvgIpc) is 3.06. The predicted octanol–water partition coefficient (Wildman–Crippen LogP) is 2.07. The lowest BCUT2D eigenvalue weighted by Gasteiger charge is -2.44. The Morgan fingerprint density at radius 1 is 1.24 bits per heavy atom. The predicted molar refractivity (Wildman–Crippen MR) is 82.5 cm³/mol. The van der Waals surface area contributed by atoms with Crippen LogP contribution in [0.2, 0.25) is 0 Å². The number of amides is 1. The van der Waals surface area contributed by atoms with Crippen molar-refractivity contribution in [1.29, 1.82) is 0 Å². The molecule has 21 heavy (non-hydrogen) atoms. The first kappa shape index (κ1) is 12.1. The van der Waals surface area contributed by atoms with Gasteiger partial charge in [-0.2, -0.15) is 4.37 Å². The molecule has 0 saturated carbocycles. The van der Waals surface area contributed by atoms with Crippen molar-refractivity contribution in [2.24, 2.45) is 11.8 Å². The van der Waals surface area contributed by atoms with E-state index in [0.717, 1.165) is 29.1 Å². The Hall–Kier alpha value is -1.46. The van der Waals surface area contributed by atoms with E-state index in [-0.39, 0.29) is 5.91 Å². The van der Waals surface area contributed by atoms with E-state index in [1.807, 2.05) is 24.3 Å². The minimum Gasteiger partial charge on any atom is -0.332 e. The molecular formula is C16H17N3OS. The molecule has 108 valence electrons. The van der Waals surface area contributed by atoms with Crippen molar-refractivity contribution >= 4 is 27.5 Å². The lowest BCUT2D eigenvalue weighted by atomic mass is 9.80. The largest absolute Gasteiger partial charge is 0.332 e. The fourth-order valence-electron chi connectivity index (χ4n) is 4.52. The van der Waals surface area contributed by atoms with Crippen molar-refractivity contribution in [2.75, 3.05) is 26.2 Å². The number of likely N-dealkylation sites (tertiary alicyclic amines) is 1. The maximum Gasteiger partial charge on any atom is 0.274 e. The van der Waals surface area contributed by atoms with Gasteiger partial charge >= 0.3 is 0 Å². The third-order valence-electron chi connectivity index (χ3n) is 5.49. The monoisotopic (exact) mass is 299 g/mol. The van der Waals surface area contributed by atoms with E-state index in [0.29, 0.717) is 17.7 Å². The van der Waals surface area contributed by atoms with Crippen LogP contribution in [-0.2, 0) is 0 Å². The lowest BCUT2D eigenvalue weighted by molar-refractivity contribution is 0.0421. The molecule has 5 heteroatoms. The fraction of sp³-hybridized carbons (Fsp3) is 0.500. The number of piperidine rings is 3. The highest BCUT2D eigenvalue weighted by atomic mass is 32.1. The molecule has 6 rings (SSSR count). The van der Waals surface area contributed by atoms with Crippen LogP contribution in [0.5, 0.6) is 0 Å². The Balaban J connectivity index is 1.52. The van der Waals surface area contributed by atoms with E-state index in [9.17, 15) is 4.79 Å². The van der Waals surface area contributed by atoms with Crippen molar-refractivity contribution in [3.05, 3.63) is 30.0 Å². The van der Waals surface area contributed by atoms with E-state index >= 15 is 0 Å². The molecule has 0 N–H and O–H groups in total. The zero-order chi connectivity index (χ0) is 14.0. The topological polar surface area (TPSA) is 36.4 Å². The van der Waals surface area contributed by atoms with Crippen molar-refractivity contribution in [3.8, 4) is 0 Å². The molecule has 4 saturated heterocycles. The number of carbonyl (C=O) groups is 1. The molecule has 1 aromatic heterocycles. The summed E-state index contributed by atoms with van der Waals surface area (Å²) >= 11 is 1.43. The van der Waals surface area contributed by atoms with Gasteiger partial charge in [0.1, 0.15) is 5.69 Å². The average molecular weight is 299 g/mol. The van der Waals surface area contributed by atoms with Crippen LogP contribution in [0, 0.1) is 11.8 Å². The van der Waals surface area contributed by atoms with Crippen LogP contribution in [0.3, 0.4) is 0 Å². The highest BCUT2D eigenvalue weighted by Gasteiger charge is 2.51. The second-order valence-electron chi connectivity index (χ2n) is 6.52. The van der Waals surface area contributed by atoms with Gasteiger partial charge < -0.3 is 9.80 Å². The minimum atomic E-state index is 0.147. The van der Waals surface area contributed by atoms with Gasteiger partial charge in [-0.25, -0.2) is 0 Å². The summed E-state index contributed by atoms with van der Waals surface area (Å²) in [4.78, 5) is 17.6. The number of rotatable bonds is 1. The maximum absolute atomic E-state index is 13.0. The maximum atomic E-state index is 13.0. The van der Waals surface area contributed by atoms with E-state index in [4.69, 9.17) is 0 Å². The molecule has 4 aliphatic heterocycles. The summed E-state index contributed by atoms with van der Waals surface area (Å²) in [6.07, 6.45) is 1.26. The smallest absolute Gasteiger partial charge is 0.274 e. The second kappa shape index (κ2) is 4.27. The quantitative estimate of drug-likeness (QED) is 0.809. The zero-order valence-corrected chi connectivity index (χ0v) is 12.6. The number of fused-ring (bicyclic) bond motifs is 2. The highest BCUT2D eigenvalue weighted by Crippen LogP contribution is 2.42. The summed E-state index contributed by atoms with van der Waals surface area (Å²) in [7, 11) is 0. The first-order valence-electron chi connectivity index (χ1n) is 7.69. The first-order valence-corrected chi connectivity index (χ1v) is 8.46. The lowest BCUT2D eigenvalue weighted by Crippen LogP contribution is -2.54. The molecule has 4 nitrogen and oxygen atoms in total. The van der Waals surface area contributed by atoms with Crippen molar-refractivity contribution in [3.63, 3.8) is 0 Å². The van der Waals surface area contributed by atoms with Gasteiger partial charge in [-0.3, -0.25) is 4.79 Å². The third-order valence-corrected chi connectivity index (χ3v) is 6.32. The van der Waals surface area contributed by atoms with Crippen LogP contribution in [0.25, 0.3) is 10.1 Å². The minimum absolute atomic E-state index is 0.147. The van der Waals surface area contributed by atoms with Gasteiger partial charge in [-0.05, 0) is 42.4 Å². The normalized spacial score (nSPS) is 33.8. The number of carbonyl (C=O) groups excluding carboxylic acids is 1. The molecule has 4 atom stereocenters. The Labute approximate surface area is 127 Å². The molecule has 4 fully saturated rings. The Kier molecular flexibility index (Phi) is 2.47. The van der Waals surface area contributed by atoms with Crippen molar-refractivity contribution in [1.82, 2.24) is 14.2 Å². The SMILES string of the molecule is O=C(c1nsc2ccccc12)N1CC2CN3CCC2C1C3. The Bertz CT molecular complexity index is 727. The van der Waals surface area contributed by atoms with E-state index in [2.05, 4.69) is 14.2 Å². The molecule has 0 aliphatic carbocycles. The summed E-state index contributed by atoms with van der Waals surface area (Å²) in [6, 6.07) is 8.47. The zero-order valence-electron chi connectivity index (χ0n) is 11.7. The number of hydrogen-bond donors (Lipinski definition) is 0. The molecule has 4 bridgehead atoms. The Morgan fingerprint density at radius 3 is 3.00 bits per heavy atom. The van der Waals surface area contributed by atoms with Crippen molar-refractivity contribution in [2.45, 2.75) is 12.5 Å². The van der Waals surface area contributed by atoms with Crippen LogP contribution in [0.1, 0.15) is 16.9 Å². The van der Waals surface area contributed by atoms with Gasteiger partial charge in [0.2, 0.25) is 0 Å². The summed E-state index contributed by atoms with van der Waals surface area (Å²) in [5.41, 5.74) is 0.661. The highest BCUT2D eigenvalue weighted by molar-refractivity contribution is 7.13. The molecule has 4 unspecified atom stereocenters. The van der Waals surface area contributed by atoms with Crippen LogP contribution in [-0.4, -0.2) is 52.3 Å². The van der Waals surface area contributed by atoms with Crippen LogP contribution in [0.15, 0.2) is 24.3 Å². The molecule has 1 amide bonds. The van der Waals surface area contributed by atoms with Gasteiger partial charge in [0.05, 0.1) is 4.70 Å². The third kappa shape index (κ3) is 1.64. The first-order chi connectivity index (χ1) is 10.3. The van der Waals surface area contributed by atoms with E-state index in [1.54, 1.807) is 0 Å². The fourth-order valence-corrected chi connectivity index (χ4v) is 5.29. The molecule has 1 aromatic carbocycles. The Morgan fingerprint density at radius 2 is 2.14 bits per heavy atom. The molecule has 0 spiro atoms. The summed E-state index contributed by atoms with van der Waals surface area (Å²) < 4.78 is 5.56. The van der Waals surface area contributed by atoms with Gasteiger partial charge in [-0.15, -0.1) is 0 Å². The second-order valence-corrected chi connectivity index (χ2v) is 7.33. The van der Waals surface area contributed by atoms with Gasteiger partial charge in [0, 0.05) is 31.1 Å². The van der Waals surface area contributed by atoms with Gasteiger partial charge in [0.15, 0.2) is 0 Å². The van der Waals surface area contributed by atoms with Gasteiger partial charge in [0.25, 0.3) is 5.91 Å².